The quantitative estimate of drug-likeness (QED) is 0.439. The van der Waals surface area contributed by atoms with E-state index in [1.54, 1.807) is 18.2 Å². The van der Waals surface area contributed by atoms with Gasteiger partial charge in [-0.15, -0.1) is 0 Å². The van der Waals surface area contributed by atoms with Crippen LogP contribution < -0.4 is 15.4 Å². The van der Waals surface area contributed by atoms with Crippen molar-refractivity contribution in [1.29, 1.82) is 0 Å². The number of rotatable bonds is 11. The molecule has 2 aromatic rings. The summed E-state index contributed by atoms with van der Waals surface area (Å²) in [7, 11) is -3.87. The van der Waals surface area contributed by atoms with Gasteiger partial charge in [0, 0.05) is 13.1 Å². The largest absolute Gasteiger partial charge is 0.353 e. The second kappa shape index (κ2) is 11.8. The van der Waals surface area contributed by atoms with Crippen molar-refractivity contribution in [3.05, 3.63) is 65.5 Å². The van der Waals surface area contributed by atoms with Gasteiger partial charge in [0.05, 0.1) is 10.5 Å². The molecule has 0 aliphatic carbocycles. The van der Waals surface area contributed by atoms with Crippen molar-refractivity contribution >= 4 is 33.6 Å². The van der Waals surface area contributed by atoms with E-state index < -0.39 is 33.7 Å². The minimum absolute atomic E-state index is 0.0683. The van der Waals surface area contributed by atoms with Crippen LogP contribution in [0.15, 0.2) is 53.4 Å². The number of hydrogen-bond acceptors (Lipinski definition) is 5. The lowest BCUT2D eigenvalue weighted by Gasteiger charge is -2.18. The molecule has 2 aromatic carbocycles. The number of sulfonamides is 1. The van der Waals surface area contributed by atoms with E-state index in [0.29, 0.717) is 12.2 Å². The second-order valence-electron chi connectivity index (χ2n) is 6.80. The van der Waals surface area contributed by atoms with Crippen LogP contribution in [-0.4, -0.2) is 51.4 Å². The van der Waals surface area contributed by atoms with Crippen LogP contribution in [0.1, 0.15) is 22.3 Å². The van der Waals surface area contributed by atoms with Crippen LogP contribution in [0.2, 0.25) is 0 Å². The fraction of sp³-hybridized carbons (Fsp3) is 0.333. The van der Waals surface area contributed by atoms with Gasteiger partial charge in [0.1, 0.15) is 11.9 Å². The highest BCUT2D eigenvalue weighted by Gasteiger charge is 2.25. The summed E-state index contributed by atoms with van der Waals surface area (Å²) in [6.07, 6.45) is 2.17. The third-order valence-electron chi connectivity index (χ3n) is 4.38. The van der Waals surface area contributed by atoms with E-state index in [-0.39, 0.29) is 23.5 Å². The standard InChI is InChI=1S/C21H26FN3O4S2/c1-15-7-9-16(10-8-15)31(28,29)25-19(11-14-30-2)21(27)24-13-12-23-20(26)17-5-3-4-6-18(17)22/h3-10,19,25H,11-14H2,1-2H3,(H,23,26)(H,24,27). The minimum Gasteiger partial charge on any atom is -0.353 e. The zero-order chi connectivity index (χ0) is 22.9. The molecule has 0 aromatic heterocycles. The molecule has 0 saturated heterocycles. The highest BCUT2D eigenvalue weighted by atomic mass is 32.2. The first-order chi connectivity index (χ1) is 14.7. The van der Waals surface area contributed by atoms with E-state index in [2.05, 4.69) is 15.4 Å². The van der Waals surface area contributed by atoms with Crippen molar-refractivity contribution in [3.8, 4) is 0 Å². The number of carbonyl (C=O) groups excluding carboxylic acids is 2. The molecule has 3 N–H and O–H groups in total. The SMILES string of the molecule is CSCCC(NS(=O)(=O)c1ccc(C)cc1)C(=O)NCCNC(=O)c1ccccc1F. The van der Waals surface area contributed by atoms with Gasteiger partial charge in [-0.2, -0.15) is 16.5 Å². The van der Waals surface area contributed by atoms with Crippen molar-refractivity contribution < 1.29 is 22.4 Å². The lowest BCUT2D eigenvalue weighted by atomic mass is 10.2. The summed E-state index contributed by atoms with van der Waals surface area (Å²) >= 11 is 1.50. The van der Waals surface area contributed by atoms with Gasteiger partial charge in [0.2, 0.25) is 15.9 Å². The summed E-state index contributed by atoms with van der Waals surface area (Å²) in [5.41, 5.74) is 0.839. The van der Waals surface area contributed by atoms with E-state index >= 15 is 0 Å². The van der Waals surface area contributed by atoms with Crippen molar-refractivity contribution in [1.82, 2.24) is 15.4 Å². The molecule has 0 saturated carbocycles. The van der Waals surface area contributed by atoms with E-state index in [4.69, 9.17) is 0 Å². The lowest BCUT2D eigenvalue weighted by Crippen LogP contribution is -2.48. The number of benzene rings is 2. The Labute approximate surface area is 186 Å². The average molecular weight is 468 g/mol. The first-order valence-corrected chi connectivity index (χ1v) is 12.5. The monoisotopic (exact) mass is 467 g/mol. The fourth-order valence-corrected chi connectivity index (χ4v) is 4.38. The molecule has 0 heterocycles. The molecule has 1 atom stereocenters. The van der Waals surface area contributed by atoms with Gasteiger partial charge in [-0.05, 0) is 49.6 Å². The number of amides is 2. The van der Waals surface area contributed by atoms with Crippen LogP contribution in [0.5, 0.6) is 0 Å². The Bertz CT molecular complexity index is 998. The van der Waals surface area contributed by atoms with Crippen LogP contribution in [0.3, 0.4) is 0 Å². The van der Waals surface area contributed by atoms with Gasteiger partial charge in [-0.25, -0.2) is 12.8 Å². The summed E-state index contributed by atoms with van der Waals surface area (Å²) in [5.74, 6) is -1.14. The predicted octanol–water partition coefficient (Wildman–Crippen LogP) is 2.08. The maximum atomic E-state index is 13.6. The van der Waals surface area contributed by atoms with Crippen molar-refractivity contribution in [2.75, 3.05) is 25.1 Å². The van der Waals surface area contributed by atoms with Crippen molar-refractivity contribution in [2.45, 2.75) is 24.3 Å². The van der Waals surface area contributed by atoms with Gasteiger partial charge in [0.15, 0.2) is 0 Å². The minimum atomic E-state index is -3.87. The van der Waals surface area contributed by atoms with E-state index in [1.165, 1.54) is 42.1 Å². The Hall–Kier alpha value is -2.43. The molecular formula is C21H26FN3O4S2. The zero-order valence-electron chi connectivity index (χ0n) is 17.4. The first kappa shape index (κ1) is 24.8. The third-order valence-corrected chi connectivity index (χ3v) is 6.52. The molecule has 7 nitrogen and oxygen atoms in total. The molecule has 2 amide bonds. The average Bonchev–Trinajstić information content (AvgIpc) is 2.74. The molecule has 0 fully saturated rings. The van der Waals surface area contributed by atoms with E-state index in [1.807, 2.05) is 13.2 Å². The second-order valence-corrected chi connectivity index (χ2v) is 9.49. The van der Waals surface area contributed by atoms with Gasteiger partial charge >= 0.3 is 0 Å². The summed E-state index contributed by atoms with van der Waals surface area (Å²) in [6, 6.07) is 11.0. The number of nitrogens with one attached hydrogen (secondary N) is 3. The van der Waals surface area contributed by atoms with Crippen LogP contribution in [0.25, 0.3) is 0 Å². The van der Waals surface area contributed by atoms with Crippen LogP contribution >= 0.6 is 11.8 Å². The van der Waals surface area contributed by atoms with Gasteiger partial charge < -0.3 is 10.6 Å². The fourth-order valence-electron chi connectivity index (χ4n) is 2.68. The molecular weight excluding hydrogens is 441 g/mol. The molecule has 168 valence electrons. The number of halogens is 1. The molecule has 0 aliphatic rings. The Kier molecular flexibility index (Phi) is 9.47. The highest BCUT2D eigenvalue weighted by molar-refractivity contribution is 7.98. The summed E-state index contributed by atoms with van der Waals surface area (Å²) < 4.78 is 41.4. The molecule has 31 heavy (non-hydrogen) atoms. The van der Waals surface area contributed by atoms with E-state index in [9.17, 15) is 22.4 Å². The van der Waals surface area contributed by atoms with Crippen molar-refractivity contribution in [3.63, 3.8) is 0 Å². The zero-order valence-corrected chi connectivity index (χ0v) is 19.0. The number of thioether (sulfide) groups is 1. The molecule has 1 unspecified atom stereocenters. The lowest BCUT2D eigenvalue weighted by molar-refractivity contribution is -0.122. The van der Waals surface area contributed by atoms with Crippen LogP contribution in [0, 0.1) is 12.7 Å². The van der Waals surface area contributed by atoms with E-state index in [0.717, 1.165) is 5.56 Å². The number of carbonyl (C=O) groups is 2. The number of aryl methyl sites for hydroxylation is 1. The predicted molar refractivity (Wildman–Crippen MR) is 120 cm³/mol. The Morgan fingerprint density at radius 1 is 1.03 bits per heavy atom. The Balaban J connectivity index is 1.92. The Morgan fingerprint density at radius 3 is 2.32 bits per heavy atom. The van der Waals surface area contributed by atoms with Gasteiger partial charge in [-0.1, -0.05) is 29.8 Å². The smallest absolute Gasteiger partial charge is 0.254 e. The molecule has 0 spiro atoms. The maximum absolute atomic E-state index is 13.6. The first-order valence-electron chi connectivity index (χ1n) is 9.63. The summed E-state index contributed by atoms with van der Waals surface area (Å²) in [4.78, 5) is 24.6. The van der Waals surface area contributed by atoms with Crippen molar-refractivity contribution in [2.24, 2.45) is 0 Å². The highest BCUT2D eigenvalue weighted by Crippen LogP contribution is 2.12. The summed E-state index contributed by atoms with van der Waals surface area (Å²) in [6.45, 7) is 1.99. The number of hydrogen-bond donors (Lipinski definition) is 3. The molecule has 10 heteroatoms. The molecule has 0 bridgehead atoms. The van der Waals surface area contributed by atoms with Gasteiger partial charge in [0.25, 0.3) is 5.91 Å². The third kappa shape index (κ3) is 7.64. The molecule has 0 aliphatic heterocycles. The summed E-state index contributed by atoms with van der Waals surface area (Å²) in [5, 5.41) is 5.13. The maximum Gasteiger partial charge on any atom is 0.254 e. The van der Waals surface area contributed by atoms with Gasteiger partial charge in [-0.3, -0.25) is 9.59 Å². The van der Waals surface area contributed by atoms with Crippen LogP contribution in [-0.2, 0) is 14.8 Å². The van der Waals surface area contributed by atoms with Crippen LogP contribution in [0.4, 0.5) is 4.39 Å². The normalized spacial score (nSPS) is 12.2. The Morgan fingerprint density at radius 2 is 1.68 bits per heavy atom. The molecule has 2 rings (SSSR count). The molecule has 0 radical (unpaired) electrons. The topological polar surface area (TPSA) is 104 Å².